The summed E-state index contributed by atoms with van der Waals surface area (Å²) in [5.74, 6) is -1.55. The standard InChI is InChI=1S/C18H15N3O4/c22-15-10-17(24)16(23)9-12(15)11-19-20-18(25)13-5-1-2-6-14(13)21-7-3-4-8-21/h1-11,22-24H,(H,20,25). The van der Waals surface area contributed by atoms with Gasteiger partial charge in [0.1, 0.15) is 5.75 Å². The predicted octanol–water partition coefficient (Wildman–Crippen LogP) is 2.36. The first-order valence-corrected chi connectivity index (χ1v) is 7.37. The Morgan fingerprint density at radius 1 is 0.960 bits per heavy atom. The van der Waals surface area contributed by atoms with Crippen molar-refractivity contribution in [2.24, 2.45) is 5.10 Å². The van der Waals surface area contributed by atoms with Crippen molar-refractivity contribution in [3.05, 3.63) is 72.1 Å². The maximum Gasteiger partial charge on any atom is 0.273 e. The third-order valence-electron chi connectivity index (χ3n) is 3.52. The maximum absolute atomic E-state index is 12.4. The zero-order chi connectivity index (χ0) is 17.8. The van der Waals surface area contributed by atoms with Gasteiger partial charge in [-0.05, 0) is 30.3 Å². The molecule has 4 N–H and O–H groups in total. The monoisotopic (exact) mass is 337 g/mol. The second-order valence-corrected chi connectivity index (χ2v) is 5.21. The third kappa shape index (κ3) is 3.45. The summed E-state index contributed by atoms with van der Waals surface area (Å²) in [7, 11) is 0. The molecule has 0 saturated heterocycles. The molecule has 126 valence electrons. The van der Waals surface area contributed by atoms with Gasteiger partial charge in [0.15, 0.2) is 11.5 Å². The molecular weight excluding hydrogens is 322 g/mol. The van der Waals surface area contributed by atoms with Gasteiger partial charge in [-0.15, -0.1) is 0 Å². The van der Waals surface area contributed by atoms with E-state index in [-0.39, 0.29) is 11.3 Å². The molecule has 0 atom stereocenters. The van der Waals surface area contributed by atoms with Gasteiger partial charge >= 0.3 is 0 Å². The van der Waals surface area contributed by atoms with E-state index < -0.39 is 17.4 Å². The van der Waals surface area contributed by atoms with Crippen LogP contribution in [0.25, 0.3) is 5.69 Å². The number of aromatic nitrogens is 1. The highest BCUT2D eigenvalue weighted by molar-refractivity contribution is 5.98. The summed E-state index contributed by atoms with van der Waals surface area (Å²) in [6, 6.07) is 12.9. The van der Waals surface area contributed by atoms with Crippen LogP contribution in [0.1, 0.15) is 15.9 Å². The minimum Gasteiger partial charge on any atom is -0.507 e. The molecule has 0 spiro atoms. The van der Waals surface area contributed by atoms with Gasteiger partial charge in [-0.2, -0.15) is 5.10 Å². The molecule has 2 aromatic carbocycles. The van der Waals surface area contributed by atoms with Gasteiger partial charge in [-0.1, -0.05) is 12.1 Å². The number of phenolic OH excluding ortho intramolecular Hbond substituents is 3. The fourth-order valence-corrected chi connectivity index (χ4v) is 2.29. The van der Waals surface area contributed by atoms with Crippen LogP contribution in [-0.4, -0.2) is 32.0 Å². The number of hydrogen-bond acceptors (Lipinski definition) is 5. The molecule has 0 unspecified atom stereocenters. The highest BCUT2D eigenvalue weighted by atomic mass is 16.3. The average molecular weight is 337 g/mol. The Kier molecular flexibility index (Phi) is 4.38. The summed E-state index contributed by atoms with van der Waals surface area (Å²) in [4.78, 5) is 12.4. The summed E-state index contributed by atoms with van der Waals surface area (Å²) in [6.07, 6.45) is 4.82. The van der Waals surface area contributed by atoms with E-state index in [4.69, 9.17) is 0 Å². The van der Waals surface area contributed by atoms with Crippen LogP contribution in [0.2, 0.25) is 0 Å². The minimum absolute atomic E-state index is 0.147. The number of carbonyl (C=O) groups is 1. The van der Waals surface area contributed by atoms with Gasteiger partial charge in [0.25, 0.3) is 5.91 Å². The largest absolute Gasteiger partial charge is 0.507 e. The van der Waals surface area contributed by atoms with Crippen LogP contribution in [0.4, 0.5) is 0 Å². The number of aromatic hydroxyl groups is 3. The van der Waals surface area contributed by atoms with Crippen molar-refractivity contribution < 1.29 is 20.1 Å². The number of hydrogen-bond donors (Lipinski definition) is 4. The zero-order valence-corrected chi connectivity index (χ0v) is 13.0. The molecule has 0 aliphatic heterocycles. The second kappa shape index (κ2) is 6.79. The van der Waals surface area contributed by atoms with Gasteiger partial charge in [0.05, 0.1) is 17.5 Å². The molecule has 0 aliphatic carbocycles. The molecule has 0 saturated carbocycles. The molecule has 3 rings (SSSR count). The van der Waals surface area contributed by atoms with Crippen molar-refractivity contribution in [3.63, 3.8) is 0 Å². The Bertz CT molecular complexity index is 933. The second-order valence-electron chi connectivity index (χ2n) is 5.21. The number of phenols is 3. The van der Waals surface area contributed by atoms with Crippen LogP contribution in [0.15, 0.2) is 66.0 Å². The Morgan fingerprint density at radius 3 is 2.40 bits per heavy atom. The van der Waals surface area contributed by atoms with Crippen molar-refractivity contribution in [2.45, 2.75) is 0 Å². The summed E-state index contributed by atoms with van der Waals surface area (Å²) >= 11 is 0. The first-order chi connectivity index (χ1) is 12.1. The fourth-order valence-electron chi connectivity index (χ4n) is 2.29. The fraction of sp³-hybridized carbons (Fsp3) is 0. The van der Waals surface area contributed by atoms with E-state index in [0.717, 1.165) is 12.1 Å². The highest BCUT2D eigenvalue weighted by Gasteiger charge is 2.11. The smallest absolute Gasteiger partial charge is 0.273 e. The first-order valence-electron chi connectivity index (χ1n) is 7.37. The molecule has 0 radical (unpaired) electrons. The quantitative estimate of drug-likeness (QED) is 0.254. The van der Waals surface area contributed by atoms with E-state index in [1.807, 2.05) is 41.2 Å². The van der Waals surface area contributed by atoms with Crippen LogP contribution in [0.5, 0.6) is 17.2 Å². The predicted molar refractivity (Wildman–Crippen MR) is 92.3 cm³/mol. The van der Waals surface area contributed by atoms with Crippen LogP contribution in [-0.2, 0) is 0 Å². The molecule has 25 heavy (non-hydrogen) atoms. The molecule has 0 fully saturated rings. The molecule has 0 bridgehead atoms. The van der Waals surface area contributed by atoms with Crippen LogP contribution < -0.4 is 5.43 Å². The summed E-state index contributed by atoms with van der Waals surface area (Å²) in [5.41, 5.74) is 3.64. The Morgan fingerprint density at radius 2 is 1.64 bits per heavy atom. The number of nitrogens with zero attached hydrogens (tertiary/aromatic N) is 2. The number of rotatable bonds is 4. The molecule has 1 amide bonds. The van der Waals surface area contributed by atoms with Crippen molar-refractivity contribution >= 4 is 12.1 Å². The van der Waals surface area contributed by atoms with Gasteiger partial charge in [-0.3, -0.25) is 4.79 Å². The van der Waals surface area contributed by atoms with Gasteiger partial charge in [-0.25, -0.2) is 5.43 Å². The summed E-state index contributed by atoms with van der Waals surface area (Å²) in [5, 5.41) is 32.2. The molecule has 7 nitrogen and oxygen atoms in total. The molecule has 3 aromatic rings. The summed E-state index contributed by atoms with van der Waals surface area (Å²) in [6.45, 7) is 0. The van der Waals surface area contributed by atoms with Crippen molar-refractivity contribution in [3.8, 4) is 22.9 Å². The number of nitrogens with one attached hydrogen (secondary N) is 1. The van der Waals surface area contributed by atoms with E-state index >= 15 is 0 Å². The van der Waals surface area contributed by atoms with Crippen molar-refractivity contribution in [1.82, 2.24) is 9.99 Å². The van der Waals surface area contributed by atoms with Gasteiger partial charge < -0.3 is 19.9 Å². The maximum atomic E-state index is 12.4. The lowest BCUT2D eigenvalue weighted by Crippen LogP contribution is -2.19. The number of benzene rings is 2. The van der Waals surface area contributed by atoms with E-state index in [1.165, 1.54) is 6.21 Å². The lowest BCUT2D eigenvalue weighted by molar-refractivity contribution is 0.0955. The Balaban J connectivity index is 1.79. The first kappa shape index (κ1) is 16.1. The van der Waals surface area contributed by atoms with Crippen LogP contribution >= 0.6 is 0 Å². The lowest BCUT2D eigenvalue weighted by atomic mass is 10.1. The van der Waals surface area contributed by atoms with E-state index in [0.29, 0.717) is 11.3 Å². The Hall–Kier alpha value is -3.74. The molecule has 0 aliphatic rings. The third-order valence-corrected chi connectivity index (χ3v) is 3.52. The number of amides is 1. The molecule has 7 heteroatoms. The van der Waals surface area contributed by atoms with E-state index in [1.54, 1.807) is 12.1 Å². The van der Waals surface area contributed by atoms with Crippen LogP contribution in [0, 0.1) is 0 Å². The zero-order valence-electron chi connectivity index (χ0n) is 13.0. The van der Waals surface area contributed by atoms with Crippen molar-refractivity contribution in [2.75, 3.05) is 0 Å². The number of para-hydroxylation sites is 1. The average Bonchev–Trinajstić information content (AvgIpc) is 3.13. The number of carbonyl (C=O) groups excluding carboxylic acids is 1. The minimum atomic E-state index is -0.445. The van der Waals surface area contributed by atoms with E-state index in [9.17, 15) is 20.1 Å². The van der Waals surface area contributed by atoms with E-state index in [2.05, 4.69) is 10.5 Å². The van der Waals surface area contributed by atoms with Crippen molar-refractivity contribution in [1.29, 1.82) is 0 Å². The lowest BCUT2D eigenvalue weighted by Gasteiger charge is -2.09. The summed E-state index contributed by atoms with van der Waals surface area (Å²) < 4.78 is 1.81. The highest BCUT2D eigenvalue weighted by Crippen LogP contribution is 2.31. The Labute approximate surface area is 143 Å². The molecule has 1 heterocycles. The van der Waals surface area contributed by atoms with Crippen LogP contribution in [0.3, 0.4) is 0 Å². The molecular formula is C18H15N3O4. The van der Waals surface area contributed by atoms with Gasteiger partial charge in [0, 0.05) is 24.0 Å². The van der Waals surface area contributed by atoms with Gasteiger partial charge in [0.2, 0.25) is 0 Å². The topological polar surface area (TPSA) is 107 Å². The normalized spacial score (nSPS) is 10.9. The number of hydrazone groups is 1. The SMILES string of the molecule is O=C(NN=Cc1cc(O)c(O)cc1O)c1ccccc1-n1cccc1. The molecule has 1 aromatic heterocycles.